The predicted molar refractivity (Wildman–Crippen MR) is 76.5 cm³/mol. The zero-order valence-electron chi connectivity index (χ0n) is 11.3. The quantitative estimate of drug-likeness (QED) is 0.851. The van der Waals surface area contributed by atoms with E-state index in [1.54, 1.807) is 13.4 Å². The molecule has 0 amide bonds. The molecule has 19 heavy (non-hydrogen) atoms. The van der Waals surface area contributed by atoms with Crippen LogP contribution in [0.2, 0.25) is 0 Å². The molecule has 0 radical (unpaired) electrons. The molecule has 2 unspecified atom stereocenters. The number of nitrogens with zero attached hydrogens (tertiary/aromatic N) is 1. The molecule has 1 aromatic carbocycles. The van der Waals surface area contributed by atoms with Crippen molar-refractivity contribution in [3.05, 3.63) is 41.8 Å². The monoisotopic (exact) mass is 278 g/mol. The lowest BCUT2D eigenvalue weighted by molar-refractivity contribution is 0.414. The fourth-order valence-electron chi connectivity index (χ4n) is 1.79. The predicted octanol–water partition coefficient (Wildman–Crippen LogP) is 3.17. The molecule has 2 rings (SSSR count). The molecular weight excluding hydrogens is 260 g/mol. The van der Waals surface area contributed by atoms with Crippen molar-refractivity contribution < 1.29 is 9.15 Å². The lowest BCUT2D eigenvalue weighted by Gasteiger charge is -2.19. The first-order valence-corrected chi connectivity index (χ1v) is 6.96. The van der Waals surface area contributed by atoms with Gasteiger partial charge in [-0.3, -0.25) is 0 Å². The average Bonchev–Trinajstić information content (AvgIpc) is 2.81. The second kappa shape index (κ2) is 6.12. The highest BCUT2D eigenvalue weighted by atomic mass is 32.2. The van der Waals surface area contributed by atoms with Gasteiger partial charge in [0.1, 0.15) is 12.0 Å². The van der Waals surface area contributed by atoms with E-state index >= 15 is 0 Å². The van der Waals surface area contributed by atoms with Crippen LogP contribution < -0.4 is 10.5 Å². The van der Waals surface area contributed by atoms with Gasteiger partial charge in [-0.05, 0) is 31.5 Å². The van der Waals surface area contributed by atoms with E-state index in [4.69, 9.17) is 14.9 Å². The van der Waals surface area contributed by atoms with Gasteiger partial charge in [0.15, 0.2) is 0 Å². The molecule has 0 aliphatic carbocycles. The molecule has 0 fully saturated rings. The van der Waals surface area contributed by atoms with Crippen LogP contribution in [0.3, 0.4) is 0 Å². The fourth-order valence-corrected chi connectivity index (χ4v) is 2.81. The van der Waals surface area contributed by atoms with E-state index < -0.39 is 0 Å². The normalized spacial score (nSPS) is 14.1. The van der Waals surface area contributed by atoms with Crippen molar-refractivity contribution in [2.45, 2.75) is 30.4 Å². The van der Waals surface area contributed by atoms with Gasteiger partial charge in [0.25, 0.3) is 5.22 Å². The van der Waals surface area contributed by atoms with Crippen LogP contribution in [0.15, 0.2) is 40.2 Å². The lowest BCUT2D eigenvalue weighted by atomic mass is 10.1. The molecule has 0 saturated carbocycles. The number of rotatable bonds is 5. The van der Waals surface area contributed by atoms with E-state index in [-0.39, 0.29) is 11.3 Å². The number of methoxy groups -OCH3 is 1. The maximum Gasteiger partial charge on any atom is 0.256 e. The number of oxazole rings is 1. The Morgan fingerprint density at radius 3 is 2.79 bits per heavy atom. The summed E-state index contributed by atoms with van der Waals surface area (Å²) >= 11 is 1.53. The number of hydrogen-bond donors (Lipinski definition) is 1. The minimum atomic E-state index is -0.0238. The Kier molecular flexibility index (Phi) is 4.50. The number of ether oxygens (including phenoxy) is 1. The molecule has 0 saturated heterocycles. The van der Waals surface area contributed by atoms with Gasteiger partial charge in [-0.15, -0.1) is 0 Å². The molecule has 5 heteroatoms. The first-order valence-electron chi connectivity index (χ1n) is 6.08. The van der Waals surface area contributed by atoms with Crippen LogP contribution in [0.1, 0.15) is 23.4 Å². The lowest BCUT2D eigenvalue weighted by Crippen LogP contribution is -2.22. The van der Waals surface area contributed by atoms with Crippen LogP contribution in [-0.4, -0.2) is 18.1 Å². The minimum absolute atomic E-state index is 0.0238. The van der Waals surface area contributed by atoms with Crippen molar-refractivity contribution in [1.82, 2.24) is 4.98 Å². The van der Waals surface area contributed by atoms with Crippen molar-refractivity contribution in [1.29, 1.82) is 0 Å². The summed E-state index contributed by atoms with van der Waals surface area (Å²) in [6, 6.07) is 7.90. The van der Waals surface area contributed by atoms with Crippen LogP contribution in [0.5, 0.6) is 5.75 Å². The Morgan fingerprint density at radius 1 is 1.42 bits per heavy atom. The summed E-state index contributed by atoms with van der Waals surface area (Å²) in [6.45, 7) is 3.88. The molecule has 2 atom stereocenters. The zero-order chi connectivity index (χ0) is 13.8. The number of hydrogen-bond acceptors (Lipinski definition) is 5. The summed E-state index contributed by atoms with van der Waals surface area (Å²) in [5.74, 6) is 0.826. The summed E-state index contributed by atoms with van der Waals surface area (Å²) in [7, 11) is 1.66. The molecule has 4 nitrogen and oxygen atoms in total. The van der Waals surface area contributed by atoms with Gasteiger partial charge in [-0.1, -0.05) is 23.9 Å². The van der Waals surface area contributed by atoms with E-state index in [0.29, 0.717) is 5.22 Å². The molecular formula is C14H18N2O2S. The third kappa shape index (κ3) is 3.52. The zero-order valence-corrected chi connectivity index (χ0v) is 12.1. The second-order valence-corrected chi connectivity index (χ2v) is 5.52. The van der Waals surface area contributed by atoms with Crippen molar-refractivity contribution in [3.8, 4) is 5.75 Å². The third-order valence-electron chi connectivity index (χ3n) is 2.73. The Balaban J connectivity index is 2.24. The maximum atomic E-state index is 6.08. The Bertz CT molecular complexity index is 540. The Morgan fingerprint density at radius 2 is 2.21 bits per heavy atom. The summed E-state index contributed by atoms with van der Waals surface area (Å²) in [5.41, 5.74) is 8.06. The van der Waals surface area contributed by atoms with Crippen LogP contribution in [-0.2, 0) is 0 Å². The standard InChI is InChI=1S/C14H18N2O2S/c1-9-8-18-14(16-9)19-13(10(2)15)11-5-4-6-12(7-11)17-3/h4-8,10,13H,15H2,1-3H3. The number of nitrogens with two attached hydrogens (primary N) is 1. The molecule has 0 aliphatic rings. The molecule has 102 valence electrons. The van der Waals surface area contributed by atoms with E-state index in [1.807, 2.05) is 38.1 Å². The van der Waals surface area contributed by atoms with Crippen LogP contribution in [0.25, 0.3) is 0 Å². The highest BCUT2D eigenvalue weighted by Crippen LogP contribution is 2.37. The number of aromatic nitrogens is 1. The van der Waals surface area contributed by atoms with Gasteiger partial charge in [-0.25, -0.2) is 4.98 Å². The topological polar surface area (TPSA) is 61.3 Å². The molecule has 0 spiro atoms. The average molecular weight is 278 g/mol. The molecule has 1 aromatic heterocycles. The number of benzene rings is 1. The molecule has 2 N–H and O–H groups in total. The maximum absolute atomic E-state index is 6.08. The van der Waals surface area contributed by atoms with Gasteiger partial charge < -0.3 is 14.9 Å². The minimum Gasteiger partial charge on any atom is -0.497 e. The largest absolute Gasteiger partial charge is 0.497 e. The van der Waals surface area contributed by atoms with Gasteiger partial charge in [0.05, 0.1) is 18.1 Å². The Hall–Kier alpha value is -1.46. The van der Waals surface area contributed by atoms with Gasteiger partial charge in [0, 0.05) is 6.04 Å². The number of thioether (sulfide) groups is 1. The van der Waals surface area contributed by atoms with Crippen LogP contribution in [0, 0.1) is 6.92 Å². The third-order valence-corrected chi connectivity index (χ3v) is 4.07. The summed E-state index contributed by atoms with van der Waals surface area (Å²) in [5, 5.41) is 0.718. The van der Waals surface area contributed by atoms with Crippen molar-refractivity contribution in [2.75, 3.05) is 7.11 Å². The van der Waals surface area contributed by atoms with Gasteiger partial charge in [0.2, 0.25) is 0 Å². The Labute approximate surface area is 117 Å². The smallest absolute Gasteiger partial charge is 0.256 e. The molecule has 0 bridgehead atoms. The van der Waals surface area contributed by atoms with E-state index in [1.165, 1.54) is 11.8 Å². The SMILES string of the molecule is COc1cccc(C(Sc2nc(C)co2)C(C)N)c1. The highest BCUT2D eigenvalue weighted by Gasteiger charge is 2.20. The van der Waals surface area contributed by atoms with Crippen LogP contribution in [0.4, 0.5) is 0 Å². The highest BCUT2D eigenvalue weighted by molar-refractivity contribution is 7.99. The molecule has 1 heterocycles. The van der Waals surface area contributed by atoms with Crippen molar-refractivity contribution in [2.24, 2.45) is 5.73 Å². The van der Waals surface area contributed by atoms with Crippen molar-refractivity contribution in [3.63, 3.8) is 0 Å². The van der Waals surface area contributed by atoms with Crippen LogP contribution >= 0.6 is 11.8 Å². The molecule has 2 aromatic rings. The number of aryl methyl sites for hydroxylation is 1. The summed E-state index contributed by atoms with van der Waals surface area (Å²) < 4.78 is 10.6. The first kappa shape index (κ1) is 14.0. The van der Waals surface area contributed by atoms with Crippen molar-refractivity contribution >= 4 is 11.8 Å². The van der Waals surface area contributed by atoms with E-state index in [9.17, 15) is 0 Å². The van der Waals surface area contributed by atoms with E-state index in [0.717, 1.165) is 17.0 Å². The fraction of sp³-hybridized carbons (Fsp3) is 0.357. The summed E-state index contributed by atoms with van der Waals surface area (Å²) in [4.78, 5) is 4.31. The first-order chi connectivity index (χ1) is 9.10. The van der Waals surface area contributed by atoms with Gasteiger partial charge in [-0.2, -0.15) is 0 Å². The van der Waals surface area contributed by atoms with E-state index in [2.05, 4.69) is 4.98 Å². The van der Waals surface area contributed by atoms with Gasteiger partial charge >= 0.3 is 0 Å². The second-order valence-electron chi connectivity index (χ2n) is 4.43. The molecule has 0 aliphatic heterocycles. The summed E-state index contributed by atoms with van der Waals surface area (Å²) in [6.07, 6.45) is 1.64.